The molecule has 2 N–H and O–H groups in total. The van der Waals surface area contributed by atoms with E-state index in [2.05, 4.69) is 10.6 Å². The lowest BCUT2D eigenvalue weighted by molar-refractivity contribution is -0.132. The molecule has 180 valence electrons. The topological polar surface area (TPSA) is 78.5 Å². The number of hydrogen-bond acceptors (Lipinski definition) is 4. The number of fused-ring (bicyclic) bond motifs is 3. The first-order chi connectivity index (χ1) is 16.1. The summed E-state index contributed by atoms with van der Waals surface area (Å²) in [4.78, 5) is 41.6. The predicted octanol–water partition coefficient (Wildman–Crippen LogP) is 4.19. The average molecular weight is 480 g/mol. The number of carbonyl (C=O) groups excluding carboxylic acids is 3. The van der Waals surface area contributed by atoms with Crippen LogP contribution in [-0.2, 0) is 16.1 Å². The molecule has 0 unspecified atom stereocenters. The summed E-state index contributed by atoms with van der Waals surface area (Å²) in [6, 6.07) is 14.2. The van der Waals surface area contributed by atoms with Crippen LogP contribution in [0.3, 0.4) is 0 Å². The minimum atomic E-state index is -0.669. The molecule has 3 amide bonds. The molecule has 2 aliphatic rings. The molecule has 1 saturated heterocycles. The van der Waals surface area contributed by atoms with Crippen molar-refractivity contribution in [1.29, 1.82) is 0 Å². The minimum absolute atomic E-state index is 0.122. The highest BCUT2D eigenvalue weighted by Gasteiger charge is 2.57. The van der Waals surface area contributed by atoms with Gasteiger partial charge in [0, 0.05) is 16.9 Å². The van der Waals surface area contributed by atoms with E-state index < -0.39 is 16.8 Å². The standard InChI is InChI=1S/C27H33N3O3S/c1-16(2)14-21(23(31)28-15-18-12-10-17(3)11-13-18)29-24(32)22-27(4,5)34-26-20-9-7-6-8-19(20)25(33)30(22)26/h6-13,16,21-22,26H,14-15H2,1-5H3,(H,28,31)(H,29,32)/t21-,22-,26+/m0/s1. The average Bonchev–Trinajstić information content (AvgIpc) is 3.21. The monoisotopic (exact) mass is 479 g/mol. The largest absolute Gasteiger partial charge is 0.350 e. The Labute approximate surface area is 205 Å². The number of amides is 3. The Morgan fingerprint density at radius 2 is 1.76 bits per heavy atom. The quantitative estimate of drug-likeness (QED) is 0.624. The van der Waals surface area contributed by atoms with Gasteiger partial charge in [0.1, 0.15) is 17.5 Å². The van der Waals surface area contributed by atoms with Crippen LogP contribution >= 0.6 is 11.8 Å². The minimum Gasteiger partial charge on any atom is -0.350 e. The van der Waals surface area contributed by atoms with E-state index in [1.54, 1.807) is 16.7 Å². The third kappa shape index (κ3) is 4.71. The van der Waals surface area contributed by atoms with Crippen LogP contribution in [0.1, 0.15) is 66.5 Å². The van der Waals surface area contributed by atoms with Crippen LogP contribution in [0.2, 0.25) is 0 Å². The van der Waals surface area contributed by atoms with E-state index in [0.717, 1.165) is 16.7 Å². The van der Waals surface area contributed by atoms with Crippen LogP contribution in [0, 0.1) is 12.8 Å². The Bertz CT molecular complexity index is 1100. The molecule has 34 heavy (non-hydrogen) atoms. The molecular formula is C27H33N3O3S. The van der Waals surface area contributed by atoms with Gasteiger partial charge in [-0.15, -0.1) is 11.8 Å². The van der Waals surface area contributed by atoms with Crippen LogP contribution < -0.4 is 10.6 Å². The Morgan fingerprint density at radius 3 is 2.44 bits per heavy atom. The highest BCUT2D eigenvalue weighted by atomic mass is 32.2. The van der Waals surface area contributed by atoms with Crippen molar-refractivity contribution >= 4 is 29.5 Å². The van der Waals surface area contributed by atoms with Gasteiger partial charge in [0.15, 0.2) is 0 Å². The maximum absolute atomic E-state index is 13.6. The third-order valence-corrected chi connectivity index (χ3v) is 8.01. The third-order valence-electron chi connectivity index (χ3n) is 6.47. The second-order valence-electron chi connectivity index (χ2n) is 10.2. The SMILES string of the molecule is Cc1ccc(CNC(=O)[C@H](CC(C)C)NC(=O)[C@@H]2N3C(=O)c4ccccc4[C@H]3SC2(C)C)cc1. The molecule has 2 aromatic carbocycles. The Kier molecular flexibility index (Phi) is 6.76. The zero-order chi connectivity index (χ0) is 24.6. The molecule has 2 aromatic rings. The van der Waals surface area contributed by atoms with Crippen LogP contribution in [0.25, 0.3) is 0 Å². The van der Waals surface area contributed by atoms with Gasteiger partial charge >= 0.3 is 0 Å². The lowest BCUT2D eigenvalue weighted by Crippen LogP contribution is -2.57. The Morgan fingerprint density at radius 1 is 1.09 bits per heavy atom. The summed E-state index contributed by atoms with van der Waals surface area (Å²) in [6.07, 6.45) is 0.517. The van der Waals surface area contributed by atoms with E-state index in [-0.39, 0.29) is 29.0 Å². The summed E-state index contributed by atoms with van der Waals surface area (Å²) in [5.41, 5.74) is 3.78. The molecule has 1 fully saturated rings. The fourth-order valence-electron chi connectivity index (χ4n) is 4.78. The maximum atomic E-state index is 13.6. The number of rotatable bonds is 7. The molecule has 0 spiro atoms. The Hall–Kier alpha value is -2.80. The molecule has 0 aliphatic carbocycles. The molecule has 7 heteroatoms. The van der Waals surface area contributed by atoms with Crippen molar-refractivity contribution < 1.29 is 14.4 Å². The van der Waals surface area contributed by atoms with Gasteiger partial charge < -0.3 is 15.5 Å². The predicted molar refractivity (Wildman–Crippen MR) is 135 cm³/mol. The number of benzene rings is 2. The number of aryl methyl sites for hydroxylation is 1. The van der Waals surface area contributed by atoms with Crippen LogP contribution in [0.15, 0.2) is 48.5 Å². The summed E-state index contributed by atoms with van der Waals surface area (Å²) in [7, 11) is 0. The van der Waals surface area contributed by atoms with Gasteiger partial charge in [-0.25, -0.2) is 0 Å². The van der Waals surface area contributed by atoms with Crippen molar-refractivity contribution in [3.05, 3.63) is 70.8 Å². The fourth-order valence-corrected chi connectivity index (χ4v) is 6.36. The second kappa shape index (κ2) is 9.45. The van der Waals surface area contributed by atoms with Gasteiger partial charge in [-0.1, -0.05) is 61.9 Å². The van der Waals surface area contributed by atoms with Crippen molar-refractivity contribution in [3.8, 4) is 0 Å². The summed E-state index contributed by atoms with van der Waals surface area (Å²) in [5.74, 6) is -0.397. The van der Waals surface area contributed by atoms with Crippen LogP contribution in [0.4, 0.5) is 0 Å². The van der Waals surface area contributed by atoms with E-state index in [1.165, 1.54) is 0 Å². The number of nitrogens with zero attached hydrogens (tertiary/aromatic N) is 1. The molecule has 0 saturated carbocycles. The van der Waals surface area contributed by atoms with Crippen LogP contribution in [0.5, 0.6) is 0 Å². The molecule has 4 rings (SSSR count). The number of nitrogens with one attached hydrogen (secondary N) is 2. The fraction of sp³-hybridized carbons (Fsp3) is 0.444. The highest BCUT2D eigenvalue weighted by Crippen LogP contribution is 2.56. The zero-order valence-electron chi connectivity index (χ0n) is 20.4. The first-order valence-electron chi connectivity index (χ1n) is 11.8. The molecular weight excluding hydrogens is 446 g/mol. The van der Waals surface area contributed by atoms with Gasteiger partial charge in [0.25, 0.3) is 5.91 Å². The lowest BCUT2D eigenvalue weighted by Gasteiger charge is -2.31. The number of hydrogen-bond donors (Lipinski definition) is 2. The molecule has 2 heterocycles. The van der Waals surface area contributed by atoms with Crippen molar-refractivity contribution in [1.82, 2.24) is 15.5 Å². The zero-order valence-corrected chi connectivity index (χ0v) is 21.2. The van der Waals surface area contributed by atoms with E-state index in [4.69, 9.17) is 0 Å². The number of carbonyl (C=O) groups is 3. The molecule has 0 radical (unpaired) electrons. The summed E-state index contributed by atoms with van der Waals surface area (Å²) < 4.78 is -0.487. The first kappa shape index (κ1) is 24.3. The van der Waals surface area contributed by atoms with Gasteiger partial charge in [-0.05, 0) is 50.3 Å². The Balaban J connectivity index is 1.50. The van der Waals surface area contributed by atoms with Crippen molar-refractivity contribution in [2.45, 2.75) is 69.8 Å². The maximum Gasteiger partial charge on any atom is 0.256 e. The number of thioether (sulfide) groups is 1. The first-order valence-corrected chi connectivity index (χ1v) is 12.7. The van der Waals surface area contributed by atoms with Crippen molar-refractivity contribution in [2.75, 3.05) is 0 Å². The van der Waals surface area contributed by atoms with E-state index in [9.17, 15) is 14.4 Å². The summed E-state index contributed by atoms with van der Waals surface area (Å²) in [6.45, 7) is 10.5. The van der Waals surface area contributed by atoms with Crippen LogP contribution in [-0.4, -0.2) is 39.5 Å². The summed E-state index contributed by atoms with van der Waals surface area (Å²) in [5, 5.41) is 5.78. The summed E-state index contributed by atoms with van der Waals surface area (Å²) >= 11 is 1.62. The van der Waals surface area contributed by atoms with Gasteiger partial charge in [-0.3, -0.25) is 14.4 Å². The van der Waals surface area contributed by atoms with E-state index in [0.29, 0.717) is 18.5 Å². The van der Waals surface area contributed by atoms with Gasteiger partial charge in [0.05, 0.1) is 0 Å². The lowest BCUT2D eigenvalue weighted by atomic mass is 9.98. The van der Waals surface area contributed by atoms with E-state index in [1.807, 2.05) is 83.1 Å². The molecule has 6 nitrogen and oxygen atoms in total. The molecule has 2 aliphatic heterocycles. The molecule has 0 aromatic heterocycles. The molecule has 0 bridgehead atoms. The van der Waals surface area contributed by atoms with Gasteiger partial charge in [-0.2, -0.15) is 0 Å². The van der Waals surface area contributed by atoms with Crippen molar-refractivity contribution in [2.24, 2.45) is 5.92 Å². The van der Waals surface area contributed by atoms with E-state index >= 15 is 0 Å². The normalized spacial score (nSPS) is 21.2. The molecule has 3 atom stereocenters. The van der Waals surface area contributed by atoms with Gasteiger partial charge in [0.2, 0.25) is 11.8 Å². The smallest absolute Gasteiger partial charge is 0.256 e. The van der Waals surface area contributed by atoms with Crippen molar-refractivity contribution in [3.63, 3.8) is 0 Å². The second-order valence-corrected chi connectivity index (χ2v) is 11.9. The highest BCUT2D eigenvalue weighted by molar-refractivity contribution is 8.01.